The Balaban J connectivity index is 2.00. The minimum Gasteiger partial charge on any atom is -0.465 e. The first kappa shape index (κ1) is 18.2. The Hall–Kier alpha value is -3.18. The third-order valence-electron chi connectivity index (χ3n) is 2.62. The van der Waals surface area contributed by atoms with Crippen LogP contribution in [0.15, 0.2) is 24.3 Å². The van der Waals surface area contributed by atoms with Gasteiger partial charge in [-0.1, -0.05) is 0 Å². The van der Waals surface area contributed by atoms with Gasteiger partial charge in [0.05, 0.1) is 12.3 Å². The Morgan fingerprint density at radius 2 is 1.92 bits per heavy atom. The highest BCUT2D eigenvalue weighted by Crippen LogP contribution is 2.23. The molecule has 1 aromatic carbocycles. The summed E-state index contributed by atoms with van der Waals surface area (Å²) in [6, 6.07) is 4.63. The van der Waals surface area contributed by atoms with Crippen molar-refractivity contribution in [2.75, 3.05) is 13.2 Å². The van der Waals surface area contributed by atoms with Crippen LogP contribution in [0.2, 0.25) is 0 Å². The van der Waals surface area contributed by atoms with Gasteiger partial charge in [-0.2, -0.15) is 0 Å². The van der Waals surface area contributed by atoms with Crippen LogP contribution in [-0.2, 0) is 9.53 Å². The summed E-state index contributed by atoms with van der Waals surface area (Å²) in [5.41, 5.74) is 0.256. The van der Waals surface area contributed by atoms with Crippen molar-refractivity contribution in [1.29, 1.82) is 0 Å². The second kappa shape index (κ2) is 7.59. The standard InChI is InChI=1S/C13H12F3N5O4/c1-2-24-10(22)7-17-12(23)11-18-20-21(19-11)8-3-5-9(6-4-8)25-13(14,15)16/h3-6H,2,7H2,1H3,(H,17,23). The zero-order chi connectivity index (χ0) is 18.4. The van der Waals surface area contributed by atoms with Crippen molar-refractivity contribution in [2.24, 2.45) is 0 Å². The molecule has 0 bridgehead atoms. The number of hydrogen-bond acceptors (Lipinski definition) is 7. The number of esters is 1. The van der Waals surface area contributed by atoms with E-state index in [1.807, 2.05) is 0 Å². The Morgan fingerprint density at radius 1 is 1.24 bits per heavy atom. The van der Waals surface area contributed by atoms with Gasteiger partial charge < -0.3 is 14.8 Å². The molecule has 2 aromatic rings. The van der Waals surface area contributed by atoms with Gasteiger partial charge in [0.2, 0.25) is 0 Å². The van der Waals surface area contributed by atoms with Crippen LogP contribution in [0.1, 0.15) is 17.5 Å². The minimum atomic E-state index is -4.79. The van der Waals surface area contributed by atoms with Crippen LogP contribution in [-0.4, -0.2) is 51.6 Å². The Morgan fingerprint density at radius 3 is 2.52 bits per heavy atom. The summed E-state index contributed by atoms with van der Waals surface area (Å²) in [5, 5.41) is 13.1. The lowest BCUT2D eigenvalue weighted by atomic mass is 10.3. The summed E-state index contributed by atoms with van der Waals surface area (Å²) in [6.45, 7) is 1.44. The van der Waals surface area contributed by atoms with Crippen molar-refractivity contribution < 1.29 is 32.2 Å². The molecular weight excluding hydrogens is 347 g/mol. The molecule has 25 heavy (non-hydrogen) atoms. The molecule has 0 saturated heterocycles. The van der Waals surface area contributed by atoms with Crippen molar-refractivity contribution in [3.05, 3.63) is 30.1 Å². The normalized spacial score (nSPS) is 11.0. The van der Waals surface area contributed by atoms with E-state index >= 15 is 0 Å². The molecule has 0 saturated carbocycles. The molecule has 134 valence electrons. The fourth-order valence-electron chi connectivity index (χ4n) is 1.64. The van der Waals surface area contributed by atoms with Crippen LogP contribution in [0, 0.1) is 0 Å². The summed E-state index contributed by atoms with van der Waals surface area (Å²) in [4.78, 5) is 23.9. The molecular formula is C13H12F3N5O4. The monoisotopic (exact) mass is 359 g/mol. The smallest absolute Gasteiger partial charge is 0.465 e. The number of benzene rings is 1. The number of tetrazole rings is 1. The molecule has 9 nitrogen and oxygen atoms in total. The molecule has 0 fully saturated rings. The predicted octanol–water partition coefficient (Wildman–Crippen LogP) is 0.854. The van der Waals surface area contributed by atoms with Crippen molar-refractivity contribution in [3.63, 3.8) is 0 Å². The highest BCUT2D eigenvalue weighted by Gasteiger charge is 2.31. The van der Waals surface area contributed by atoms with E-state index < -0.39 is 24.0 Å². The predicted molar refractivity (Wildman–Crippen MR) is 74.8 cm³/mol. The van der Waals surface area contributed by atoms with E-state index in [2.05, 4.69) is 30.2 Å². The third kappa shape index (κ3) is 5.44. The van der Waals surface area contributed by atoms with Crippen molar-refractivity contribution in [1.82, 2.24) is 25.5 Å². The molecule has 0 spiro atoms. The van der Waals surface area contributed by atoms with E-state index in [-0.39, 0.29) is 24.7 Å². The zero-order valence-electron chi connectivity index (χ0n) is 12.8. The molecule has 1 aromatic heterocycles. The van der Waals surface area contributed by atoms with Gasteiger partial charge in [-0.25, -0.2) is 0 Å². The van der Waals surface area contributed by atoms with Crippen molar-refractivity contribution in [3.8, 4) is 11.4 Å². The number of nitrogens with zero attached hydrogens (tertiary/aromatic N) is 4. The summed E-state index contributed by atoms with van der Waals surface area (Å²) < 4.78 is 44.7. The van der Waals surface area contributed by atoms with E-state index in [0.717, 1.165) is 16.9 Å². The van der Waals surface area contributed by atoms with Crippen LogP contribution < -0.4 is 10.1 Å². The van der Waals surface area contributed by atoms with Crippen LogP contribution in [0.4, 0.5) is 13.2 Å². The second-order valence-corrected chi connectivity index (χ2v) is 4.43. The second-order valence-electron chi connectivity index (χ2n) is 4.43. The van der Waals surface area contributed by atoms with Gasteiger partial charge in [0.15, 0.2) is 0 Å². The number of halogens is 3. The summed E-state index contributed by atoms with van der Waals surface area (Å²) in [6.07, 6.45) is -4.79. The van der Waals surface area contributed by atoms with Gasteiger partial charge in [-0.15, -0.1) is 28.2 Å². The first-order valence-electron chi connectivity index (χ1n) is 6.88. The number of carbonyl (C=O) groups is 2. The number of aromatic nitrogens is 4. The Labute approximate surface area is 138 Å². The van der Waals surface area contributed by atoms with Crippen molar-refractivity contribution in [2.45, 2.75) is 13.3 Å². The number of nitrogens with one attached hydrogen (secondary N) is 1. The Kier molecular flexibility index (Phi) is 5.52. The number of carbonyl (C=O) groups excluding carboxylic acids is 2. The van der Waals surface area contributed by atoms with E-state index in [1.165, 1.54) is 12.1 Å². The molecule has 0 aliphatic carbocycles. The fraction of sp³-hybridized carbons (Fsp3) is 0.308. The average Bonchev–Trinajstić information content (AvgIpc) is 3.02. The van der Waals surface area contributed by atoms with Crippen molar-refractivity contribution >= 4 is 11.9 Å². The molecule has 0 radical (unpaired) electrons. The first-order chi connectivity index (χ1) is 11.8. The first-order valence-corrected chi connectivity index (χ1v) is 6.88. The van der Waals surface area contributed by atoms with Crippen LogP contribution in [0.25, 0.3) is 5.69 Å². The van der Waals surface area contributed by atoms with E-state index in [0.29, 0.717) is 0 Å². The molecule has 0 aliphatic rings. The van der Waals surface area contributed by atoms with Crippen LogP contribution in [0.5, 0.6) is 5.75 Å². The van der Waals surface area contributed by atoms with Gasteiger partial charge in [-0.05, 0) is 36.4 Å². The number of alkyl halides is 3. The molecule has 2 rings (SSSR count). The maximum Gasteiger partial charge on any atom is 0.573 e. The molecule has 1 amide bonds. The molecule has 12 heteroatoms. The maximum absolute atomic E-state index is 12.1. The molecule has 0 atom stereocenters. The largest absolute Gasteiger partial charge is 0.573 e. The minimum absolute atomic E-state index is 0.178. The molecule has 0 unspecified atom stereocenters. The highest BCUT2D eigenvalue weighted by atomic mass is 19.4. The highest BCUT2D eigenvalue weighted by molar-refractivity contribution is 5.92. The molecule has 1 N–H and O–H groups in total. The van der Waals surface area contributed by atoms with Crippen LogP contribution >= 0.6 is 0 Å². The van der Waals surface area contributed by atoms with Gasteiger partial charge in [0.25, 0.3) is 11.7 Å². The van der Waals surface area contributed by atoms with Gasteiger partial charge in [0, 0.05) is 0 Å². The lowest BCUT2D eigenvalue weighted by molar-refractivity contribution is -0.274. The average molecular weight is 359 g/mol. The topological polar surface area (TPSA) is 108 Å². The molecule has 1 heterocycles. The van der Waals surface area contributed by atoms with Gasteiger partial charge in [0.1, 0.15) is 12.3 Å². The summed E-state index contributed by atoms with van der Waals surface area (Å²) in [7, 11) is 0. The van der Waals surface area contributed by atoms with Gasteiger partial charge >= 0.3 is 12.3 Å². The lowest BCUT2D eigenvalue weighted by Crippen LogP contribution is -2.31. The van der Waals surface area contributed by atoms with E-state index in [1.54, 1.807) is 6.92 Å². The zero-order valence-corrected chi connectivity index (χ0v) is 12.8. The van der Waals surface area contributed by atoms with Gasteiger partial charge in [-0.3, -0.25) is 9.59 Å². The quantitative estimate of drug-likeness (QED) is 0.762. The summed E-state index contributed by atoms with van der Waals surface area (Å²) >= 11 is 0. The van der Waals surface area contributed by atoms with E-state index in [9.17, 15) is 22.8 Å². The maximum atomic E-state index is 12.1. The number of hydrogen-bond donors (Lipinski definition) is 1. The number of ether oxygens (including phenoxy) is 2. The van der Waals surface area contributed by atoms with Crippen LogP contribution in [0.3, 0.4) is 0 Å². The number of amides is 1. The SMILES string of the molecule is CCOC(=O)CNC(=O)c1nnn(-c2ccc(OC(F)(F)F)cc2)n1. The molecule has 0 aliphatic heterocycles. The lowest BCUT2D eigenvalue weighted by Gasteiger charge is -2.08. The third-order valence-corrected chi connectivity index (χ3v) is 2.62. The van der Waals surface area contributed by atoms with E-state index in [4.69, 9.17) is 0 Å². The number of rotatable bonds is 6. The Bertz CT molecular complexity index is 745. The summed E-state index contributed by atoms with van der Waals surface area (Å²) in [5.74, 6) is -2.11. The fourth-order valence-corrected chi connectivity index (χ4v) is 1.64.